The maximum Gasteiger partial charge on any atom is 0.387 e. The minimum atomic E-state index is -3.53. The van der Waals surface area contributed by atoms with Crippen molar-refractivity contribution in [3.8, 4) is 11.5 Å². The number of hydrogen-bond acceptors (Lipinski definition) is 5. The molecule has 158 valence electrons. The Morgan fingerprint density at radius 3 is 2.52 bits per heavy atom. The lowest BCUT2D eigenvalue weighted by Crippen LogP contribution is -2.27. The fourth-order valence-electron chi connectivity index (χ4n) is 2.49. The molecule has 0 fully saturated rings. The van der Waals surface area contributed by atoms with Crippen molar-refractivity contribution < 1.29 is 31.5 Å². The number of rotatable bonds is 10. The lowest BCUT2D eigenvalue weighted by Gasteiger charge is -2.13. The molecule has 7 nitrogen and oxygen atoms in total. The molecule has 10 heteroatoms. The Balaban J connectivity index is 2.04. The molecule has 0 spiro atoms. The second kappa shape index (κ2) is 10.1. The van der Waals surface area contributed by atoms with Gasteiger partial charge in [-0.2, -0.15) is 8.78 Å². The molecule has 0 aromatic heterocycles. The normalized spacial score (nSPS) is 11.2. The van der Waals surface area contributed by atoms with Crippen LogP contribution in [-0.2, 0) is 16.4 Å². The minimum absolute atomic E-state index is 0.0920. The highest BCUT2D eigenvalue weighted by molar-refractivity contribution is 7.92. The van der Waals surface area contributed by atoms with Crippen LogP contribution in [0.3, 0.4) is 0 Å². The van der Waals surface area contributed by atoms with Gasteiger partial charge in [0.2, 0.25) is 10.0 Å². The topological polar surface area (TPSA) is 93.7 Å². The summed E-state index contributed by atoms with van der Waals surface area (Å²) in [6, 6.07) is 10.8. The van der Waals surface area contributed by atoms with Gasteiger partial charge in [-0.1, -0.05) is 18.2 Å². The summed E-state index contributed by atoms with van der Waals surface area (Å²) in [5.74, 6) is -0.499. The van der Waals surface area contributed by atoms with E-state index in [-0.39, 0.29) is 35.0 Å². The van der Waals surface area contributed by atoms with Gasteiger partial charge in [-0.05, 0) is 43.2 Å². The van der Waals surface area contributed by atoms with Gasteiger partial charge in [0.1, 0.15) is 0 Å². The Hall–Kier alpha value is -2.88. The molecule has 0 aliphatic heterocycles. The zero-order valence-corrected chi connectivity index (χ0v) is 16.8. The van der Waals surface area contributed by atoms with E-state index in [1.807, 2.05) is 0 Å². The average Bonchev–Trinajstić information content (AvgIpc) is 2.68. The van der Waals surface area contributed by atoms with E-state index in [0.29, 0.717) is 12.0 Å². The first-order valence-corrected chi connectivity index (χ1v) is 10.4. The highest BCUT2D eigenvalue weighted by Gasteiger charge is 2.15. The number of nitrogens with one attached hydrogen (secondary N) is 2. The van der Waals surface area contributed by atoms with E-state index in [0.717, 1.165) is 0 Å². The third-order valence-electron chi connectivity index (χ3n) is 3.96. The number of sulfonamides is 1. The average molecular weight is 428 g/mol. The maximum absolute atomic E-state index is 12.5. The maximum atomic E-state index is 12.5. The summed E-state index contributed by atoms with van der Waals surface area (Å²) in [4.78, 5) is 12.5. The molecule has 0 radical (unpaired) electrons. The molecule has 0 aliphatic carbocycles. The Bertz CT molecular complexity index is 951. The summed E-state index contributed by atoms with van der Waals surface area (Å²) < 4.78 is 60.4. The van der Waals surface area contributed by atoms with Crippen LogP contribution < -0.4 is 19.5 Å². The van der Waals surface area contributed by atoms with E-state index in [1.165, 1.54) is 38.3 Å². The molecule has 0 atom stereocenters. The van der Waals surface area contributed by atoms with Crippen LogP contribution in [0.15, 0.2) is 42.5 Å². The lowest BCUT2D eigenvalue weighted by molar-refractivity contribution is -0.0512. The number of ether oxygens (including phenoxy) is 2. The van der Waals surface area contributed by atoms with Gasteiger partial charge in [-0.25, -0.2) is 8.42 Å². The Morgan fingerprint density at radius 1 is 1.14 bits per heavy atom. The number of alkyl halides is 2. The molecule has 0 saturated carbocycles. The third kappa shape index (κ3) is 6.60. The van der Waals surface area contributed by atoms with Gasteiger partial charge in [0, 0.05) is 6.54 Å². The molecule has 2 aromatic rings. The van der Waals surface area contributed by atoms with Crippen molar-refractivity contribution in [2.45, 2.75) is 20.0 Å². The standard InChI is InChI=1S/C19H22F2N2O5S/c1-3-29(25,26)23-15-7-5-4-6-14(15)18(24)22-11-10-13-8-9-16(27-2)17(12-13)28-19(20)21/h4-9,12,19,23H,3,10-11H2,1-2H3,(H,22,24). The molecule has 2 N–H and O–H groups in total. The van der Waals surface area contributed by atoms with Crippen molar-refractivity contribution in [2.24, 2.45) is 0 Å². The van der Waals surface area contributed by atoms with Gasteiger partial charge in [0.15, 0.2) is 11.5 Å². The molecule has 0 bridgehead atoms. The molecule has 0 aliphatic rings. The third-order valence-corrected chi connectivity index (χ3v) is 5.25. The van der Waals surface area contributed by atoms with Crippen LogP contribution in [0.5, 0.6) is 11.5 Å². The number of methoxy groups -OCH3 is 1. The number of hydrogen-bond donors (Lipinski definition) is 2. The van der Waals surface area contributed by atoms with Crippen LogP contribution in [0.4, 0.5) is 14.5 Å². The number of halogens is 2. The van der Waals surface area contributed by atoms with Crippen molar-refractivity contribution in [1.29, 1.82) is 0 Å². The number of carbonyl (C=O) groups excluding carboxylic acids is 1. The Morgan fingerprint density at radius 2 is 1.86 bits per heavy atom. The SMILES string of the molecule is CCS(=O)(=O)Nc1ccccc1C(=O)NCCc1ccc(OC)c(OC(F)F)c1. The first-order valence-electron chi connectivity index (χ1n) is 8.75. The molecule has 0 unspecified atom stereocenters. The summed E-state index contributed by atoms with van der Waals surface area (Å²) in [6.45, 7) is -1.29. The van der Waals surface area contributed by atoms with E-state index in [1.54, 1.807) is 18.2 Å². The van der Waals surface area contributed by atoms with E-state index < -0.39 is 22.5 Å². The number of para-hydroxylation sites is 1. The van der Waals surface area contributed by atoms with E-state index in [9.17, 15) is 22.0 Å². The first-order chi connectivity index (χ1) is 13.8. The monoisotopic (exact) mass is 428 g/mol. The highest BCUT2D eigenvalue weighted by atomic mass is 32.2. The molecule has 29 heavy (non-hydrogen) atoms. The van der Waals surface area contributed by atoms with Crippen molar-refractivity contribution in [2.75, 3.05) is 24.1 Å². The fourth-order valence-corrected chi connectivity index (χ4v) is 3.15. The Labute approximate surface area is 168 Å². The van der Waals surface area contributed by atoms with Crippen LogP contribution in [0.25, 0.3) is 0 Å². The first kappa shape index (κ1) is 22.4. The summed E-state index contributed by atoms with van der Waals surface area (Å²) in [5.41, 5.74) is 1.02. The van der Waals surface area contributed by atoms with Crippen LogP contribution in [0.1, 0.15) is 22.8 Å². The molecule has 0 saturated heterocycles. The van der Waals surface area contributed by atoms with E-state index in [4.69, 9.17) is 4.74 Å². The van der Waals surface area contributed by atoms with E-state index in [2.05, 4.69) is 14.8 Å². The van der Waals surface area contributed by atoms with Crippen molar-refractivity contribution in [3.05, 3.63) is 53.6 Å². The zero-order valence-electron chi connectivity index (χ0n) is 15.9. The van der Waals surface area contributed by atoms with Crippen LogP contribution in [0.2, 0.25) is 0 Å². The zero-order chi connectivity index (χ0) is 21.4. The van der Waals surface area contributed by atoms with Crippen LogP contribution in [0, 0.1) is 0 Å². The van der Waals surface area contributed by atoms with Crippen molar-refractivity contribution >= 4 is 21.6 Å². The number of carbonyl (C=O) groups is 1. The second-order valence-corrected chi connectivity index (χ2v) is 7.93. The molecular formula is C19H22F2N2O5S. The predicted octanol–water partition coefficient (Wildman–Crippen LogP) is 3.03. The molecule has 2 aromatic carbocycles. The van der Waals surface area contributed by atoms with Gasteiger partial charge in [0.25, 0.3) is 5.91 Å². The summed E-state index contributed by atoms with van der Waals surface area (Å²) in [7, 11) is -2.19. The largest absolute Gasteiger partial charge is 0.493 e. The molecule has 2 rings (SSSR count). The van der Waals surface area contributed by atoms with Gasteiger partial charge in [0.05, 0.1) is 24.1 Å². The number of anilines is 1. The number of amides is 1. The van der Waals surface area contributed by atoms with E-state index >= 15 is 0 Å². The van der Waals surface area contributed by atoms with Crippen molar-refractivity contribution in [1.82, 2.24) is 5.32 Å². The van der Waals surface area contributed by atoms with Crippen molar-refractivity contribution in [3.63, 3.8) is 0 Å². The highest BCUT2D eigenvalue weighted by Crippen LogP contribution is 2.29. The number of benzene rings is 2. The van der Waals surface area contributed by atoms with Crippen LogP contribution in [-0.4, -0.2) is 40.3 Å². The van der Waals surface area contributed by atoms with Crippen LogP contribution >= 0.6 is 0 Å². The Kier molecular flexibility index (Phi) is 7.77. The fraction of sp³-hybridized carbons (Fsp3) is 0.316. The molecule has 1 amide bonds. The quantitative estimate of drug-likeness (QED) is 0.607. The van der Waals surface area contributed by atoms with Gasteiger partial charge >= 0.3 is 6.61 Å². The molecular weight excluding hydrogens is 406 g/mol. The minimum Gasteiger partial charge on any atom is -0.493 e. The van der Waals surface area contributed by atoms with Gasteiger partial charge in [-0.15, -0.1) is 0 Å². The second-order valence-electron chi connectivity index (χ2n) is 5.92. The summed E-state index contributed by atoms with van der Waals surface area (Å²) >= 11 is 0. The predicted molar refractivity (Wildman–Crippen MR) is 105 cm³/mol. The smallest absolute Gasteiger partial charge is 0.387 e. The van der Waals surface area contributed by atoms with Gasteiger partial charge < -0.3 is 14.8 Å². The summed E-state index contributed by atoms with van der Waals surface area (Å²) in [6.07, 6.45) is 0.345. The molecule has 0 heterocycles. The lowest BCUT2D eigenvalue weighted by atomic mass is 10.1. The summed E-state index contributed by atoms with van der Waals surface area (Å²) in [5, 5.41) is 2.69. The van der Waals surface area contributed by atoms with Gasteiger partial charge in [-0.3, -0.25) is 9.52 Å².